The molecule has 3 nitrogen and oxygen atoms in total. The molecule has 0 N–H and O–H groups in total. The Kier molecular flexibility index (Phi) is 1.24. The summed E-state index contributed by atoms with van der Waals surface area (Å²) in [5.41, 5.74) is 2.06. The van der Waals surface area contributed by atoms with Crippen LogP contribution in [0, 0.1) is 0 Å². The molecule has 0 bridgehead atoms. The van der Waals surface area contributed by atoms with Crippen LogP contribution in [0.4, 0.5) is 0 Å². The molecule has 1 atom stereocenters. The van der Waals surface area contributed by atoms with E-state index in [4.69, 9.17) is 0 Å². The molecule has 0 saturated heterocycles. The third-order valence-corrected chi connectivity index (χ3v) is 2.18. The Balaban J connectivity index is 2.93. The van der Waals surface area contributed by atoms with Crippen molar-refractivity contribution in [2.45, 2.75) is 0 Å². The summed E-state index contributed by atoms with van der Waals surface area (Å²) in [6.07, 6.45) is 0. The van der Waals surface area contributed by atoms with Gasteiger partial charge in [-0.25, -0.2) is 0 Å². The molecule has 2 rings (SSSR count). The third kappa shape index (κ3) is 0.745. The summed E-state index contributed by atoms with van der Waals surface area (Å²) in [6, 6.07) is 7.92. The standard InChI is InChI=1S/C6H6AsN3/c7-10-6-4-2-1-3-5(6)8-9-10/h1-4H,7H2. The second kappa shape index (κ2) is 2.10. The van der Waals surface area contributed by atoms with Gasteiger partial charge in [0.25, 0.3) is 0 Å². The van der Waals surface area contributed by atoms with E-state index < -0.39 is 0 Å². The van der Waals surface area contributed by atoms with E-state index in [2.05, 4.69) is 10.3 Å². The van der Waals surface area contributed by atoms with Gasteiger partial charge in [0.1, 0.15) is 0 Å². The molecule has 1 heterocycles. The van der Waals surface area contributed by atoms with Crippen molar-refractivity contribution >= 4 is 28.1 Å². The molecule has 0 aliphatic carbocycles. The zero-order valence-electron chi connectivity index (χ0n) is 5.23. The number of para-hydroxylation sites is 1. The van der Waals surface area contributed by atoms with E-state index >= 15 is 0 Å². The van der Waals surface area contributed by atoms with Gasteiger partial charge in [0.05, 0.1) is 0 Å². The molecule has 0 amide bonds. The van der Waals surface area contributed by atoms with Gasteiger partial charge in [-0.1, -0.05) is 0 Å². The van der Waals surface area contributed by atoms with Crippen molar-refractivity contribution in [1.29, 1.82) is 0 Å². The Morgan fingerprint density at radius 1 is 1.30 bits per heavy atom. The van der Waals surface area contributed by atoms with Crippen LogP contribution < -0.4 is 0 Å². The number of nitrogens with zero attached hydrogens (tertiary/aromatic N) is 3. The van der Waals surface area contributed by atoms with Crippen molar-refractivity contribution in [2.75, 3.05) is 0 Å². The fraction of sp³-hybridized carbons (Fsp3) is 0. The molecule has 1 unspecified atom stereocenters. The summed E-state index contributed by atoms with van der Waals surface area (Å²) in [7, 11) is 0. The second-order valence-corrected chi connectivity index (χ2v) is 3.05. The van der Waals surface area contributed by atoms with Gasteiger partial charge in [0.15, 0.2) is 0 Å². The molecule has 0 saturated carbocycles. The van der Waals surface area contributed by atoms with E-state index in [1.54, 1.807) is 0 Å². The van der Waals surface area contributed by atoms with Crippen molar-refractivity contribution < 1.29 is 0 Å². The molecule has 0 spiro atoms. The Morgan fingerprint density at radius 2 is 2.10 bits per heavy atom. The summed E-state index contributed by atoms with van der Waals surface area (Å²) >= 11 is 1.44. The van der Waals surface area contributed by atoms with Crippen LogP contribution in [0.3, 0.4) is 0 Å². The van der Waals surface area contributed by atoms with Crippen molar-refractivity contribution in [2.24, 2.45) is 0 Å². The Bertz CT molecular complexity index is 355. The van der Waals surface area contributed by atoms with Gasteiger partial charge in [-0.05, 0) is 0 Å². The van der Waals surface area contributed by atoms with Crippen LogP contribution in [0.1, 0.15) is 0 Å². The van der Waals surface area contributed by atoms with Gasteiger partial charge in [0, 0.05) is 0 Å². The summed E-state index contributed by atoms with van der Waals surface area (Å²) in [5.74, 6) is 0. The minimum absolute atomic E-state index is 0.965. The summed E-state index contributed by atoms with van der Waals surface area (Å²) < 4.78 is 1.82. The molecule has 4 heteroatoms. The number of fused-ring (bicyclic) bond motifs is 1. The molecule has 0 aliphatic heterocycles. The van der Waals surface area contributed by atoms with Crippen LogP contribution in [-0.2, 0) is 0 Å². The predicted molar refractivity (Wildman–Crippen MR) is 41.5 cm³/mol. The Morgan fingerprint density at radius 3 is 2.90 bits per heavy atom. The topological polar surface area (TPSA) is 30.7 Å². The maximum atomic E-state index is 3.95. The van der Waals surface area contributed by atoms with E-state index in [0.717, 1.165) is 11.0 Å². The molecule has 2 aromatic rings. The molecule has 10 heavy (non-hydrogen) atoms. The molecule has 1 aromatic heterocycles. The molecule has 0 fully saturated rings. The first-order valence-electron chi connectivity index (χ1n) is 2.93. The normalized spacial score (nSPS) is 10.5. The van der Waals surface area contributed by atoms with Crippen LogP contribution in [0.25, 0.3) is 11.0 Å². The number of rotatable bonds is 0. The predicted octanol–water partition coefficient (Wildman–Crippen LogP) is -0.173. The molecule has 0 radical (unpaired) electrons. The fourth-order valence-corrected chi connectivity index (χ4v) is 1.45. The fourth-order valence-electron chi connectivity index (χ4n) is 0.887. The van der Waals surface area contributed by atoms with Gasteiger partial charge in [-0.15, -0.1) is 0 Å². The zero-order chi connectivity index (χ0) is 6.97. The van der Waals surface area contributed by atoms with Crippen LogP contribution >= 0.6 is 0 Å². The van der Waals surface area contributed by atoms with E-state index in [1.165, 1.54) is 17.1 Å². The Labute approximate surface area is 66.8 Å². The zero-order valence-corrected chi connectivity index (χ0v) is 7.65. The van der Waals surface area contributed by atoms with E-state index in [-0.39, 0.29) is 0 Å². The van der Waals surface area contributed by atoms with Gasteiger partial charge < -0.3 is 0 Å². The van der Waals surface area contributed by atoms with E-state index in [1.807, 2.05) is 27.9 Å². The van der Waals surface area contributed by atoms with Crippen molar-refractivity contribution in [3.63, 3.8) is 0 Å². The van der Waals surface area contributed by atoms with Gasteiger partial charge in [0.2, 0.25) is 0 Å². The number of hydrogen-bond donors (Lipinski definition) is 0. The first-order chi connectivity index (χ1) is 4.88. The minimum atomic E-state index is 0.965. The van der Waals surface area contributed by atoms with Crippen LogP contribution in [-0.4, -0.2) is 31.0 Å². The number of aromatic nitrogens is 3. The van der Waals surface area contributed by atoms with Crippen molar-refractivity contribution in [1.82, 2.24) is 13.9 Å². The molecule has 50 valence electrons. The molecule has 1 aromatic carbocycles. The van der Waals surface area contributed by atoms with Crippen molar-refractivity contribution in [3.8, 4) is 0 Å². The second-order valence-electron chi connectivity index (χ2n) is 2.02. The SMILES string of the molecule is [AsH2]n1nnc2ccccc21. The summed E-state index contributed by atoms with van der Waals surface area (Å²) in [4.78, 5) is 0. The first-order valence-corrected chi connectivity index (χ1v) is 4.02. The molecular weight excluding hydrogens is 189 g/mol. The van der Waals surface area contributed by atoms with E-state index in [0.29, 0.717) is 0 Å². The average Bonchev–Trinajstić information content (AvgIpc) is 2.34. The van der Waals surface area contributed by atoms with Crippen LogP contribution in [0.5, 0.6) is 0 Å². The van der Waals surface area contributed by atoms with Gasteiger partial charge in [-0.2, -0.15) is 0 Å². The first kappa shape index (κ1) is 5.93. The van der Waals surface area contributed by atoms with Crippen LogP contribution in [0.2, 0.25) is 0 Å². The molecule has 0 aliphatic rings. The number of benzene rings is 1. The van der Waals surface area contributed by atoms with Gasteiger partial charge in [-0.3, -0.25) is 0 Å². The molecular formula is C6H6AsN3. The monoisotopic (exact) mass is 195 g/mol. The summed E-state index contributed by atoms with van der Waals surface area (Å²) in [6.45, 7) is 0. The average molecular weight is 195 g/mol. The quantitative estimate of drug-likeness (QED) is 0.546. The summed E-state index contributed by atoms with van der Waals surface area (Å²) in [5, 5.41) is 7.84. The van der Waals surface area contributed by atoms with E-state index in [9.17, 15) is 0 Å². The maximum absolute atomic E-state index is 3.95. The van der Waals surface area contributed by atoms with Gasteiger partial charge >= 0.3 is 66.3 Å². The number of hydrogen-bond acceptors (Lipinski definition) is 2. The van der Waals surface area contributed by atoms with Crippen LogP contribution in [0.15, 0.2) is 24.3 Å². The van der Waals surface area contributed by atoms with Crippen molar-refractivity contribution in [3.05, 3.63) is 24.3 Å². The third-order valence-electron chi connectivity index (χ3n) is 1.38. The Hall–Kier alpha value is -0.822.